The molecule has 1 aromatic rings. The summed E-state index contributed by atoms with van der Waals surface area (Å²) in [6.07, 6.45) is 4.90. The Labute approximate surface area is 153 Å². The highest BCUT2D eigenvalue weighted by Crippen LogP contribution is 2.35. The third-order valence-corrected chi connectivity index (χ3v) is 5.70. The van der Waals surface area contributed by atoms with Gasteiger partial charge < -0.3 is 15.4 Å². The number of methoxy groups -OCH3 is 1. The maximum atomic E-state index is 12.3. The lowest BCUT2D eigenvalue weighted by Gasteiger charge is -2.41. The van der Waals surface area contributed by atoms with Crippen LogP contribution in [0.4, 0.5) is 0 Å². The van der Waals surface area contributed by atoms with E-state index in [1.165, 1.54) is 0 Å². The fraction of sp³-hybridized carbons (Fsp3) is 0.579. The van der Waals surface area contributed by atoms with Gasteiger partial charge in [-0.3, -0.25) is 9.59 Å². The number of hydrogen-bond donors (Lipinski definition) is 2. The molecule has 3 rings (SSSR count). The summed E-state index contributed by atoms with van der Waals surface area (Å²) in [4.78, 5) is 24.5. The maximum Gasteiger partial charge on any atom is 0.251 e. The first kappa shape index (κ1) is 18.2. The van der Waals surface area contributed by atoms with E-state index >= 15 is 0 Å². The Morgan fingerprint density at radius 3 is 2.76 bits per heavy atom. The van der Waals surface area contributed by atoms with E-state index in [1.54, 1.807) is 31.4 Å². The van der Waals surface area contributed by atoms with Crippen LogP contribution in [0.5, 0.6) is 0 Å². The van der Waals surface area contributed by atoms with Crippen molar-refractivity contribution in [3.05, 3.63) is 34.9 Å². The number of ether oxygens (including phenoxy) is 1. The number of amides is 2. The van der Waals surface area contributed by atoms with Crippen molar-refractivity contribution in [2.45, 2.75) is 44.2 Å². The van der Waals surface area contributed by atoms with Crippen LogP contribution >= 0.6 is 11.6 Å². The van der Waals surface area contributed by atoms with Gasteiger partial charge >= 0.3 is 0 Å². The van der Waals surface area contributed by atoms with E-state index in [-0.39, 0.29) is 29.9 Å². The molecule has 1 saturated heterocycles. The summed E-state index contributed by atoms with van der Waals surface area (Å²) in [7, 11) is 1.74. The molecule has 2 aliphatic rings. The van der Waals surface area contributed by atoms with E-state index in [0.29, 0.717) is 29.5 Å². The zero-order valence-electron chi connectivity index (χ0n) is 14.5. The molecule has 136 valence electrons. The number of nitrogens with one attached hydrogen (secondary N) is 2. The predicted molar refractivity (Wildman–Crippen MR) is 96.6 cm³/mol. The highest BCUT2D eigenvalue weighted by atomic mass is 35.5. The quantitative estimate of drug-likeness (QED) is 0.844. The van der Waals surface area contributed by atoms with Gasteiger partial charge in [0, 0.05) is 36.2 Å². The van der Waals surface area contributed by atoms with Gasteiger partial charge in [-0.15, -0.1) is 0 Å². The molecule has 1 aromatic carbocycles. The summed E-state index contributed by atoms with van der Waals surface area (Å²) in [5.41, 5.74) is 0.579. The van der Waals surface area contributed by atoms with E-state index in [4.69, 9.17) is 16.3 Å². The van der Waals surface area contributed by atoms with Crippen molar-refractivity contribution in [3.8, 4) is 0 Å². The van der Waals surface area contributed by atoms with Crippen LogP contribution in [0.2, 0.25) is 5.02 Å². The minimum atomic E-state index is -0.133. The molecular formula is C19H25ClN2O3. The molecule has 1 aliphatic heterocycles. The van der Waals surface area contributed by atoms with Crippen LogP contribution < -0.4 is 10.6 Å². The molecule has 5 nitrogen and oxygen atoms in total. The highest BCUT2D eigenvalue weighted by molar-refractivity contribution is 6.30. The molecule has 6 heteroatoms. The number of halogens is 1. The van der Waals surface area contributed by atoms with Gasteiger partial charge in [0.1, 0.15) is 0 Å². The fourth-order valence-corrected chi connectivity index (χ4v) is 4.08. The number of benzene rings is 1. The Morgan fingerprint density at radius 1 is 1.28 bits per heavy atom. The number of carbonyl (C=O) groups is 2. The Hall–Kier alpha value is -1.59. The molecule has 1 heterocycles. The second kappa shape index (κ2) is 8.19. The van der Waals surface area contributed by atoms with Crippen molar-refractivity contribution >= 4 is 23.4 Å². The molecule has 1 saturated carbocycles. The van der Waals surface area contributed by atoms with Crippen LogP contribution in [0.15, 0.2) is 24.3 Å². The highest BCUT2D eigenvalue weighted by Gasteiger charge is 2.39. The van der Waals surface area contributed by atoms with Gasteiger partial charge in [0.05, 0.1) is 6.10 Å². The van der Waals surface area contributed by atoms with Gasteiger partial charge in [-0.2, -0.15) is 0 Å². The lowest BCUT2D eigenvalue weighted by molar-refractivity contribution is -0.131. The van der Waals surface area contributed by atoms with Gasteiger partial charge in [-0.05, 0) is 62.3 Å². The molecule has 2 fully saturated rings. The van der Waals surface area contributed by atoms with Crippen LogP contribution in [0.1, 0.15) is 42.5 Å². The molecule has 0 aromatic heterocycles. The number of rotatable bonds is 5. The fourth-order valence-electron chi connectivity index (χ4n) is 3.95. The zero-order chi connectivity index (χ0) is 17.8. The molecule has 0 spiro atoms. The lowest BCUT2D eigenvalue weighted by Crippen LogP contribution is -2.53. The van der Waals surface area contributed by atoms with Gasteiger partial charge in [0.25, 0.3) is 5.91 Å². The van der Waals surface area contributed by atoms with Gasteiger partial charge in [-0.1, -0.05) is 11.6 Å². The van der Waals surface area contributed by atoms with Crippen LogP contribution in [-0.4, -0.2) is 37.6 Å². The average molecular weight is 365 g/mol. The summed E-state index contributed by atoms with van der Waals surface area (Å²) >= 11 is 5.83. The SMILES string of the molecule is COC1CCC2CC(CCNC(=O)c3ccc(Cl)cc3)C(=O)NC2C1. The standard InChI is InChI=1S/C19H25ClN2O3/c1-25-16-7-4-13-10-14(19(24)22-17(13)11-16)8-9-21-18(23)12-2-5-15(20)6-3-12/h2-3,5-6,13-14,16-17H,4,7-11H2,1H3,(H,21,23)(H,22,24). The first-order valence-electron chi connectivity index (χ1n) is 8.93. The third kappa shape index (κ3) is 4.53. The minimum absolute atomic E-state index is 0.0223. The first-order chi connectivity index (χ1) is 12.1. The van der Waals surface area contributed by atoms with Crippen molar-refractivity contribution in [1.82, 2.24) is 10.6 Å². The Kier molecular flexibility index (Phi) is 5.97. The first-order valence-corrected chi connectivity index (χ1v) is 9.31. The van der Waals surface area contributed by atoms with Gasteiger partial charge in [0.2, 0.25) is 5.91 Å². The predicted octanol–water partition coefficient (Wildman–Crippen LogP) is 2.78. The number of hydrogen-bond acceptors (Lipinski definition) is 3. The minimum Gasteiger partial charge on any atom is -0.381 e. The van der Waals surface area contributed by atoms with Crippen LogP contribution in [-0.2, 0) is 9.53 Å². The summed E-state index contributed by atoms with van der Waals surface area (Å²) in [6.45, 7) is 0.498. The second-order valence-electron chi connectivity index (χ2n) is 7.03. The molecule has 25 heavy (non-hydrogen) atoms. The zero-order valence-corrected chi connectivity index (χ0v) is 15.2. The number of fused-ring (bicyclic) bond motifs is 1. The van der Waals surface area contributed by atoms with Crippen LogP contribution in [0.25, 0.3) is 0 Å². The lowest BCUT2D eigenvalue weighted by atomic mass is 9.74. The van der Waals surface area contributed by atoms with Crippen LogP contribution in [0.3, 0.4) is 0 Å². The molecular weight excluding hydrogens is 340 g/mol. The third-order valence-electron chi connectivity index (χ3n) is 5.45. The summed E-state index contributed by atoms with van der Waals surface area (Å²) in [6, 6.07) is 7.03. The Morgan fingerprint density at radius 2 is 2.04 bits per heavy atom. The molecule has 4 atom stereocenters. The molecule has 4 unspecified atom stereocenters. The van der Waals surface area contributed by atoms with Crippen molar-refractivity contribution in [3.63, 3.8) is 0 Å². The summed E-state index contributed by atoms with van der Waals surface area (Å²) in [5, 5.41) is 6.66. The average Bonchev–Trinajstić information content (AvgIpc) is 2.62. The smallest absolute Gasteiger partial charge is 0.251 e. The van der Waals surface area contributed by atoms with Crippen molar-refractivity contribution in [2.75, 3.05) is 13.7 Å². The van der Waals surface area contributed by atoms with Gasteiger partial charge in [0.15, 0.2) is 0 Å². The maximum absolute atomic E-state index is 12.3. The normalized spacial score (nSPS) is 28.8. The van der Waals surface area contributed by atoms with Crippen molar-refractivity contribution < 1.29 is 14.3 Å². The summed E-state index contributed by atoms with van der Waals surface area (Å²) < 4.78 is 5.44. The van der Waals surface area contributed by atoms with E-state index in [9.17, 15) is 9.59 Å². The number of carbonyl (C=O) groups excluding carboxylic acids is 2. The van der Waals surface area contributed by atoms with E-state index < -0.39 is 0 Å². The monoisotopic (exact) mass is 364 g/mol. The molecule has 2 N–H and O–H groups in total. The second-order valence-corrected chi connectivity index (χ2v) is 7.47. The Balaban J connectivity index is 1.46. The molecule has 0 bridgehead atoms. The van der Waals surface area contributed by atoms with E-state index in [0.717, 1.165) is 25.7 Å². The topological polar surface area (TPSA) is 67.4 Å². The van der Waals surface area contributed by atoms with Crippen molar-refractivity contribution in [1.29, 1.82) is 0 Å². The number of piperidine rings is 1. The van der Waals surface area contributed by atoms with E-state index in [2.05, 4.69) is 10.6 Å². The molecule has 0 radical (unpaired) electrons. The van der Waals surface area contributed by atoms with Gasteiger partial charge in [-0.25, -0.2) is 0 Å². The van der Waals surface area contributed by atoms with Crippen LogP contribution in [0, 0.1) is 11.8 Å². The molecule has 1 aliphatic carbocycles. The largest absolute Gasteiger partial charge is 0.381 e. The summed E-state index contributed by atoms with van der Waals surface area (Å²) in [5.74, 6) is 0.483. The van der Waals surface area contributed by atoms with Crippen molar-refractivity contribution in [2.24, 2.45) is 11.8 Å². The molecule has 2 amide bonds. The van der Waals surface area contributed by atoms with E-state index in [1.807, 2.05) is 0 Å². The Bertz CT molecular complexity index is 620.